The Hall–Kier alpha value is -2.44. The Morgan fingerprint density at radius 2 is 1.17 bits per heavy atom. The van der Waals surface area contributed by atoms with Gasteiger partial charge in [-0.05, 0) is 36.4 Å². The topological polar surface area (TPSA) is 98.7 Å². The van der Waals surface area contributed by atoms with Gasteiger partial charge >= 0.3 is 0 Å². The molecule has 4 N–H and O–H groups in total. The summed E-state index contributed by atoms with van der Waals surface area (Å²) in [6.45, 7) is 0.246. The van der Waals surface area contributed by atoms with Gasteiger partial charge in [0.2, 0.25) is 0 Å². The van der Waals surface area contributed by atoms with Gasteiger partial charge in [0.15, 0.2) is 0 Å². The highest BCUT2D eigenvalue weighted by Gasteiger charge is 2.13. The fraction of sp³-hybridized carbons (Fsp3) is 0.125. The number of hydrogen-bond acceptors (Lipinski definition) is 4. The van der Waals surface area contributed by atoms with Crippen molar-refractivity contribution in [1.29, 1.82) is 0 Å². The Kier molecular flexibility index (Phi) is 5.89. The molecule has 0 bridgehead atoms. The third-order valence-electron chi connectivity index (χ3n) is 3.10. The van der Waals surface area contributed by atoms with E-state index >= 15 is 0 Å². The third-order valence-corrected chi connectivity index (χ3v) is 3.57. The number of nitrogens with one attached hydrogen (secondary N) is 2. The summed E-state index contributed by atoms with van der Waals surface area (Å²) in [5, 5.41) is 25.0. The Bertz CT molecular complexity index is 715. The van der Waals surface area contributed by atoms with Crippen molar-refractivity contribution in [2.45, 2.75) is 0 Å². The molecule has 2 rings (SSSR count). The Balaban J connectivity index is 1.86. The maximum absolute atomic E-state index is 11.9. The number of carbonyl (C=O) groups is 2. The van der Waals surface area contributed by atoms with Crippen molar-refractivity contribution >= 4 is 35.0 Å². The van der Waals surface area contributed by atoms with Crippen molar-refractivity contribution < 1.29 is 19.8 Å². The van der Waals surface area contributed by atoms with Crippen molar-refractivity contribution in [1.82, 2.24) is 10.6 Å². The molecule has 8 heteroatoms. The second kappa shape index (κ2) is 7.90. The third kappa shape index (κ3) is 4.53. The van der Waals surface area contributed by atoms with Crippen LogP contribution in [0.4, 0.5) is 0 Å². The van der Waals surface area contributed by atoms with Gasteiger partial charge in [-0.15, -0.1) is 0 Å². The fourth-order valence-corrected chi connectivity index (χ4v) is 2.27. The molecular weight excluding hydrogens is 355 g/mol. The number of halogens is 2. The monoisotopic (exact) mass is 368 g/mol. The van der Waals surface area contributed by atoms with E-state index in [0.29, 0.717) is 10.0 Å². The van der Waals surface area contributed by atoms with Crippen LogP contribution in [0, 0.1) is 0 Å². The predicted octanol–water partition coefficient (Wildman–Crippen LogP) is 2.56. The second-order valence-corrected chi connectivity index (χ2v) is 5.71. The number of amides is 2. The predicted molar refractivity (Wildman–Crippen MR) is 90.9 cm³/mol. The largest absolute Gasteiger partial charge is 0.507 e. The minimum absolute atomic E-state index is 0.0429. The first-order valence-electron chi connectivity index (χ1n) is 6.92. The smallest absolute Gasteiger partial charge is 0.255 e. The normalized spacial score (nSPS) is 10.2. The molecule has 2 amide bonds. The Labute approximate surface area is 148 Å². The molecule has 0 heterocycles. The number of carbonyl (C=O) groups excluding carboxylic acids is 2. The van der Waals surface area contributed by atoms with Gasteiger partial charge in [0.25, 0.3) is 11.8 Å². The van der Waals surface area contributed by atoms with Gasteiger partial charge in [-0.3, -0.25) is 9.59 Å². The zero-order valence-electron chi connectivity index (χ0n) is 12.3. The highest BCUT2D eigenvalue weighted by Crippen LogP contribution is 2.22. The highest BCUT2D eigenvalue weighted by molar-refractivity contribution is 6.31. The summed E-state index contributed by atoms with van der Waals surface area (Å²) in [7, 11) is 0. The van der Waals surface area contributed by atoms with E-state index in [4.69, 9.17) is 23.2 Å². The molecule has 0 fully saturated rings. The van der Waals surface area contributed by atoms with Gasteiger partial charge in [-0.1, -0.05) is 23.2 Å². The lowest BCUT2D eigenvalue weighted by molar-refractivity contribution is 0.0924. The molecule has 0 aromatic heterocycles. The second-order valence-electron chi connectivity index (χ2n) is 4.83. The van der Waals surface area contributed by atoms with Crippen LogP contribution >= 0.6 is 23.2 Å². The van der Waals surface area contributed by atoms with Crippen LogP contribution in [0.1, 0.15) is 20.7 Å². The average molecular weight is 369 g/mol. The van der Waals surface area contributed by atoms with Crippen LogP contribution in [-0.4, -0.2) is 35.1 Å². The Morgan fingerprint density at radius 3 is 1.54 bits per heavy atom. The molecule has 0 aliphatic carbocycles. The van der Waals surface area contributed by atoms with Crippen LogP contribution in [0.2, 0.25) is 10.0 Å². The summed E-state index contributed by atoms with van der Waals surface area (Å²) in [6, 6.07) is 8.25. The molecule has 0 saturated heterocycles. The van der Waals surface area contributed by atoms with Gasteiger partial charge in [-0.2, -0.15) is 0 Å². The zero-order chi connectivity index (χ0) is 17.7. The molecule has 0 aliphatic heterocycles. The quantitative estimate of drug-likeness (QED) is 0.609. The summed E-state index contributed by atoms with van der Waals surface area (Å²) in [6.07, 6.45) is 0. The molecule has 24 heavy (non-hydrogen) atoms. The van der Waals surface area contributed by atoms with E-state index in [1.54, 1.807) is 0 Å². The van der Waals surface area contributed by atoms with Crippen molar-refractivity contribution in [2.24, 2.45) is 0 Å². The van der Waals surface area contributed by atoms with E-state index in [1.807, 2.05) is 0 Å². The van der Waals surface area contributed by atoms with E-state index in [1.165, 1.54) is 36.4 Å². The van der Waals surface area contributed by atoms with E-state index < -0.39 is 11.8 Å². The maximum Gasteiger partial charge on any atom is 0.255 e. The van der Waals surface area contributed by atoms with Crippen LogP contribution < -0.4 is 10.6 Å². The molecular formula is C16H14Cl2N2O4. The molecule has 0 saturated carbocycles. The number of phenolic OH excluding ortho intramolecular Hbond substituents is 2. The van der Waals surface area contributed by atoms with Crippen LogP contribution in [-0.2, 0) is 0 Å². The van der Waals surface area contributed by atoms with Crippen LogP contribution in [0.15, 0.2) is 36.4 Å². The number of hydrogen-bond donors (Lipinski definition) is 4. The lowest BCUT2D eigenvalue weighted by Gasteiger charge is -2.09. The van der Waals surface area contributed by atoms with Crippen LogP contribution in [0.25, 0.3) is 0 Å². The first-order valence-corrected chi connectivity index (χ1v) is 7.67. The standard InChI is InChI=1S/C16H14Cl2N2O4/c17-9-1-3-13(21)11(7-9)15(23)19-5-6-20-16(24)12-8-10(18)2-4-14(12)22/h1-4,7-8,21-22H,5-6H2,(H,19,23)(H,20,24). The minimum Gasteiger partial charge on any atom is -0.507 e. The summed E-state index contributed by atoms with van der Waals surface area (Å²) in [5.41, 5.74) is 0.0858. The highest BCUT2D eigenvalue weighted by atomic mass is 35.5. The lowest BCUT2D eigenvalue weighted by atomic mass is 10.2. The molecule has 126 valence electrons. The fourth-order valence-electron chi connectivity index (χ4n) is 1.92. The SMILES string of the molecule is O=C(NCCNC(=O)c1cc(Cl)ccc1O)c1cc(Cl)ccc1O. The zero-order valence-corrected chi connectivity index (χ0v) is 13.9. The number of rotatable bonds is 5. The van der Waals surface area contributed by atoms with E-state index in [2.05, 4.69) is 10.6 Å². The number of aromatic hydroxyl groups is 2. The minimum atomic E-state index is -0.519. The molecule has 0 aliphatic rings. The average Bonchev–Trinajstić information content (AvgIpc) is 2.55. The number of phenols is 2. The maximum atomic E-state index is 11.9. The first-order chi connectivity index (χ1) is 11.4. The van der Waals surface area contributed by atoms with E-state index in [-0.39, 0.29) is 35.7 Å². The Morgan fingerprint density at radius 1 is 0.792 bits per heavy atom. The van der Waals surface area contributed by atoms with Gasteiger partial charge in [0.05, 0.1) is 11.1 Å². The summed E-state index contributed by atoms with van der Waals surface area (Å²) in [4.78, 5) is 23.9. The summed E-state index contributed by atoms with van der Waals surface area (Å²) in [5.74, 6) is -1.42. The van der Waals surface area contributed by atoms with Crippen molar-refractivity contribution in [3.05, 3.63) is 57.6 Å². The molecule has 0 spiro atoms. The van der Waals surface area contributed by atoms with Gasteiger partial charge in [0, 0.05) is 23.1 Å². The summed E-state index contributed by atoms with van der Waals surface area (Å²) < 4.78 is 0. The van der Waals surface area contributed by atoms with Gasteiger partial charge < -0.3 is 20.8 Å². The van der Waals surface area contributed by atoms with Gasteiger partial charge in [0.1, 0.15) is 11.5 Å². The van der Waals surface area contributed by atoms with Crippen LogP contribution in [0.3, 0.4) is 0 Å². The molecule has 6 nitrogen and oxygen atoms in total. The molecule has 0 atom stereocenters. The van der Waals surface area contributed by atoms with Gasteiger partial charge in [-0.25, -0.2) is 0 Å². The molecule has 0 radical (unpaired) electrons. The molecule has 2 aromatic carbocycles. The van der Waals surface area contributed by atoms with E-state index in [0.717, 1.165) is 0 Å². The van der Waals surface area contributed by atoms with Crippen molar-refractivity contribution in [3.63, 3.8) is 0 Å². The molecule has 0 unspecified atom stereocenters. The van der Waals surface area contributed by atoms with E-state index in [9.17, 15) is 19.8 Å². The lowest BCUT2D eigenvalue weighted by Crippen LogP contribution is -2.34. The first kappa shape index (κ1) is 17.9. The van der Waals surface area contributed by atoms with Crippen molar-refractivity contribution in [3.8, 4) is 11.5 Å². The van der Waals surface area contributed by atoms with Crippen LogP contribution in [0.5, 0.6) is 11.5 Å². The molecule has 2 aromatic rings. The van der Waals surface area contributed by atoms with Crippen molar-refractivity contribution in [2.75, 3.05) is 13.1 Å². The summed E-state index contributed by atoms with van der Waals surface area (Å²) >= 11 is 11.6. The number of benzene rings is 2.